The van der Waals surface area contributed by atoms with E-state index in [2.05, 4.69) is 13.8 Å². The smallest absolute Gasteiger partial charge is 0.253 e. The van der Waals surface area contributed by atoms with Crippen molar-refractivity contribution in [2.24, 2.45) is 5.92 Å². The van der Waals surface area contributed by atoms with Crippen LogP contribution in [0.15, 0.2) is 18.2 Å². The SMILES string of the molecule is COc1cc(C(=O)N2CCCCCCC2)ccc1OCC(C)C. The molecule has 4 nitrogen and oxygen atoms in total. The molecule has 0 saturated carbocycles. The average Bonchev–Trinajstić information content (AvgIpc) is 2.51. The second-order valence-corrected chi connectivity index (χ2v) is 6.63. The molecular formula is C19H29NO3. The van der Waals surface area contributed by atoms with Crippen molar-refractivity contribution in [2.75, 3.05) is 26.8 Å². The van der Waals surface area contributed by atoms with Gasteiger partial charge in [0, 0.05) is 18.7 Å². The van der Waals surface area contributed by atoms with Crippen LogP contribution in [0.4, 0.5) is 0 Å². The van der Waals surface area contributed by atoms with Gasteiger partial charge in [0.1, 0.15) is 0 Å². The third-order valence-corrected chi connectivity index (χ3v) is 4.13. The summed E-state index contributed by atoms with van der Waals surface area (Å²) in [6.45, 7) is 6.55. The van der Waals surface area contributed by atoms with Gasteiger partial charge in [-0.05, 0) is 37.0 Å². The number of amides is 1. The van der Waals surface area contributed by atoms with Gasteiger partial charge in [-0.15, -0.1) is 0 Å². The van der Waals surface area contributed by atoms with E-state index in [-0.39, 0.29) is 5.91 Å². The summed E-state index contributed by atoms with van der Waals surface area (Å²) in [6.07, 6.45) is 5.92. The van der Waals surface area contributed by atoms with Gasteiger partial charge in [-0.2, -0.15) is 0 Å². The second-order valence-electron chi connectivity index (χ2n) is 6.63. The molecule has 128 valence electrons. The maximum atomic E-state index is 12.7. The molecule has 1 aliphatic heterocycles. The fourth-order valence-electron chi connectivity index (χ4n) is 2.81. The van der Waals surface area contributed by atoms with Gasteiger partial charge >= 0.3 is 0 Å². The highest BCUT2D eigenvalue weighted by Gasteiger charge is 2.18. The molecule has 1 aromatic rings. The summed E-state index contributed by atoms with van der Waals surface area (Å²) in [6, 6.07) is 5.49. The molecule has 0 unspecified atom stereocenters. The third kappa shape index (κ3) is 5.15. The molecule has 1 saturated heterocycles. The van der Waals surface area contributed by atoms with Gasteiger partial charge < -0.3 is 14.4 Å². The van der Waals surface area contributed by atoms with E-state index in [0.29, 0.717) is 29.6 Å². The number of carbonyl (C=O) groups is 1. The lowest BCUT2D eigenvalue weighted by Gasteiger charge is -2.25. The summed E-state index contributed by atoms with van der Waals surface area (Å²) in [5.74, 6) is 1.87. The zero-order valence-electron chi connectivity index (χ0n) is 14.6. The Morgan fingerprint density at radius 2 is 1.74 bits per heavy atom. The predicted molar refractivity (Wildman–Crippen MR) is 92.3 cm³/mol. The van der Waals surface area contributed by atoms with E-state index in [9.17, 15) is 4.79 Å². The van der Waals surface area contributed by atoms with E-state index < -0.39 is 0 Å². The van der Waals surface area contributed by atoms with Gasteiger partial charge in [0.25, 0.3) is 5.91 Å². The minimum absolute atomic E-state index is 0.0978. The lowest BCUT2D eigenvalue weighted by molar-refractivity contribution is 0.0742. The summed E-state index contributed by atoms with van der Waals surface area (Å²) in [5.41, 5.74) is 0.680. The normalized spacial score (nSPS) is 15.9. The summed E-state index contributed by atoms with van der Waals surface area (Å²) in [7, 11) is 1.61. The molecule has 0 spiro atoms. The van der Waals surface area contributed by atoms with Gasteiger partial charge in [-0.3, -0.25) is 4.79 Å². The van der Waals surface area contributed by atoms with E-state index in [1.165, 1.54) is 19.3 Å². The van der Waals surface area contributed by atoms with Crippen molar-refractivity contribution in [1.82, 2.24) is 4.90 Å². The van der Waals surface area contributed by atoms with Gasteiger partial charge in [-0.25, -0.2) is 0 Å². The first-order valence-electron chi connectivity index (χ1n) is 8.72. The number of likely N-dealkylation sites (tertiary alicyclic amines) is 1. The molecule has 1 heterocycles. The number of rotatable bonds is 5. The highest BCUT2D eigenvalue weighted by molar-refractivity contribution is 5.95. The van der Waals surface area contributed by atoms with Crippen LogP contribution in [0.3, 0.4) is 0 Å². The summed E-state index contributed by atoms with van der Waals surface area (Å²) in [4.78, 5) is 14.7. The van der Waals surface area contributed by atoms with Crippen molar-refractivity contribution >= 4 is 5.91 Å². The quantitative estimate of drug-likeness (QED) is 0.819. The molecular weight excluding hydrogens is 290 g/mol. The van der Waals surface area contributed by atoms with Crippen molar-refractivity contribution in [1.29, 1.82) is 0 Å². The molecule has 4 heteroatoms. The maximum absolute atomic E-state index is 12.7. The van der Waals surface area contributed by atoms with Gasteiger partial charge in [0.15, 0.2) is 11.5 Å². The summed E-state index contributed by atoms with van der Waals surface area (Å²) < 4.78 is 11.2. The van der Waals surface area contributed by atoms with E-state index in [1.54, 1.807) is 13.2 Å². The molecule has 1 aromatic carbocycles. The Labute approximate surface area is 139 Å². The minimum atomic E-state index is 0.0978. The maximum Gasteiger partial charge on any atom is 0.253 e. The molecule has 1 amide bonds. The number of carbonyl (C=O) groups excluding carboxylic acids is 1. The summed E-state index contributed by atoms with van der Waals surface area (Å²) >= 11 is 0. The van der Waals surface area contributed by atoms with Gasteiger partial charge in [0.05, 0.1) is 13.7 Å². The van der Waals surface area contributed by atoms with Crippen molar-refractivity contribution in [3.05, 3.63) is 23.8 Å². The third-order valence-electron chi connectivity index (χ3n) is 4.13. The van der Waals surface area contributed by atoms with Crippen LogP contribution in [0.25, 0.3) is 0 Å². The first-order chi connectivity index (χ1) is 11.1. The molecule has 1 fully saturated rings. The zero-order valence-corrected chi connectivity index (χ0v) is 14.6. The highest BCUT2D eigenvalue weighted by Crippen LogP contribution is 2.29. The number of hydrogen-bond donors (Lipinski definition) is 0. The molecule has 0 N–H and O–H groups in total. The number of ether oxygens (including phenoxy) is 2. The van der Waals surface area contributed by atoms with Crippen LogP contribution < -0.4 is 9.47 Å². The number of nitrogens with zero attached hydrogens (tertiary/aromatic N) is 1. The Balaban J connectivity index is 2.10. The second kappa shape index (κ2) is 8.80. The van der Waals surface area contributed by atoms with Crippen molar-refractivity contribution < 1.29 is 14.3 Å². The van der Waals surface area contributed by atoms with Crippen LogP contribution in [0.2, 0.25) is 0 Å². The van der Waals surface area contributed by atoms with Crippen molar-refractivity contribution in [3.63, 3.8) is 0 Å². The molecule has 1 aliphatic rings. The van der Waals surface area contributed by atoms with Crippen LogP contribution >= 0.6 is 0 Å². The van der Waals surface area contributed by atoms with Crippen LogP contribution in [0.5, 0.6) is 11.5 Å². The molecule has 0 bridgehead atoms. The van der Waals surface area contributed by atoms with Crippen molar-refractivity contribution in [2.45, 2.75) is 46.0 Å². The van der Waals surface area contributed by atoms with E-state index in [0.717, 1.165) is 25.9 Å². The van der Waals surface area contributed by atoms with Crippen LogP contribution in [-0.4, -0.2) is 37.6 Å². The Morgan fingerprint density at radius 3 is 2.35 bits per heavy atom. The van der Waals surface area contributed by atoms with E-state index in [1.807, 2.05) is 17.0 Å². The standard InChI is InChI=1S/C19H29NO3/c1-15(2)14-23-17-10-9-16(13-18(17)22-3)19(21)20-11-7-5-4-6-8-12-20/h9-10,13,15H,4-8,11-12,14H2,1-3H3. The lowest BCUT2D eigenvalue weighted by Crippen LogP contribution is -2.33. The molecule has 0 aromatic heterocycles. The minimum Gasteiger partial charge on any atom is -0.493 e. The number of benzene rings is 1. The monoisotopic (exact) mass is 319 g/mol. The molecule has 0 aliphatic carbocycles. The van der Waals surface area contributed by atoms with Gasteiger partial charge in [-0.1, -0.05) is 33.1 Å². The fraction of sp³-hybridized carbons (Fsp3) is 0.632. The zero-order chi connectivity index (χ0) is 16.7. The molecule has 2 rings (SSSR count). The fourth-order valence-corrected chi connectivity index (χ4v) is 2.81. The molecule has 0 atom stereocenters. The van der Waals surface area contributed by atoms with Crippen LogP contribution in [0, 0.1) is 5.92 Å². The first kappa shape index (κ1) is 17.6. The molecule has 23 heavy (non-hydrogen) atoms. The Kier molecular flexibility index (Phi) is 6.75. The lowest BCUT2D eigenvalue weighted by atomic mass is 10.1. The number of methoxy groups -OCH3 is 1. The Morgan fingerprint density at radius 1 is 1.09 bits per heavy atom. The van der Waals surface area contributed by atoms with E-state index in [4.69, 9.17) is 9.47 Å². The van der Waals surface area contributed by atoms with Crippen molar-refractivity contribution in [3.8, 4) is 11.5 Å². The summed E-state index contributed by atoms with van der Waals surface area (Å²) in [5, 5.41) is 0. The number of hydrogen-bond acceptors (Lipinski definition) is 3. The predicted octanol–water partition coefficient (Wildman–Crippen LogP) is 4.14. The first-order valence-corrected chi connectivity index (χ1v) is 8.72. The van der Waals surface area contributed by atoms with Crippen LogP contribution in [0.1, 0.15) is 56.3 Å². The topological polar surface area (TPSA) is 38.8 Å². The van der Waals surface area contributed by atoms with Crippen LogP contribution in [-0.2, 0) is 0 Å². The Bertz CT molecular complexity index is 505. The molecule has 0 radical (unpaired) electrons. The van der Waals surface area contributed by atoms with E-state index >= 15 is 0 Å². The Hall–Kier alpha value is -1.71. The highest BCUT2D eigenvalue weighted by atomic mass is 16.5. The van der Waals surface area contributed by atoms with Gasteiger partial charge in [0.2, 0.25) is 0 Å². The average molecular weight is 319 g/mol. The largest absolute Gasteiger partial charge is 0.493 e.